The van der Waals surface area contributed by atoms with Crippen LogP contribution in [0.4, 0.5) is 10.1 Å². The van der Waals surface area contributed by atoms with Gasteiger partial charge in [0.2, 0.25) is 17.7 Å². The first kappa shape index (κ1) is 27.5. The molecule has 0 N–H and O–H groups in total. The Bertz CT molecular complexity index is 1440. The molecule has 8 heteroatoms. The van der Waals surface area contributed by atoms with E-state index in [1.54, 1.807) is 0 Å². The van der Waals surface area contributed by atoms with Crippen LogP contribution in [0, 0.1) is 10.8 Å². The van der Waals surface area contributed by atoms with Crippen molar-refractivity contribution in [1.29, 1.82) is 0 Å². The van der Waals surface area contributed by atoms with Crippen molar-refractivity contribution in [3.8, 4) is 17.0 Å². The molecule has 6 fully saturated rings. The second-order valence-electron chi connectivity index (χ2n) is 14.1. The number of carbonyl (C=O) groups is 1. The minimum atomic E-state index is -1.01. The van der Waals surface area contributed by atoms with Gasteiger partial charge in [0.05, 0.1) is 6.61 Å². The van der Waals surface area contributed by atoms with Crippen LogP contribution >= 0.6 is 0 Å². The van der Waals surface area contributed by atoms with Crippen molar-refractivity contribution in [2.24, 2.45) is 10.8 Å². The third-order valence-corrected chi connectivity index (χ3v) is 10.7. The van der Waals surface area contributed by atoms with Crippen LogP contribution in [0.25, 0.3) is 11.1 Å². The second kappa shape index (κ2) is 9.88. The van der Waals surface area contributed by atoms with Gasteiger partial charge in [-0.2, -0.15) is 4.98 Å². The van der Waals surface area contributed by atoms with E-state index in [2.05, 4.69) is 36.1 Å². The summed E-state index contributed by atoms with van der Waals surface area (Å²) >= 11 is 0. The summed E-state index contributed by atoms with van der Waals surface area (Å²) in [5, 5.41) is 4.26. The Balaban J connectivity index is 1.13. The fraction of sp³-hybridized carbons (Fsp3) is 0.588. The predicted octanol–water partition coefficient (Wildman–Crippen LogP) is 7.56. The van der Waals surface area contributed by atoms with Crippen LogP contribution in [-0.4, -0.2) is 39.9 Å². The maximum absolute atomic E-state index is 14.4. The van der Waals surface area contributed by atoms with Crippen LogP contribution < -0.4 is 9.64 Å². The predicted molar refractivity (Wildman–Crippen MR) is 158 cm³/mol. The zero-order valence-electron chi connectivity index (χ0n) is 25.0. The highest BCUT2D eigenvalue weighted by molar-refractivity contribution is 5.95. The number of hydrogen-bond acceptors (Lipinski definition) is 6. The van der Waals surface area contributed by atoms with Gasteiger partial charge in [0.25, 0.3) is 0 Å². The molecule has 0 atom stereocenters. The van der Waals surface area contributed by atoms with Crippen LogP contribution in [0.15, 0.2) is 47.1 Å². The lowest BCUT2D eigenvalue weighted by Gasteiger charge is -2.66. The minimum Gasteiger partial charge on any atom is -0.478 e. The number of halogens is 1. The van der Waals surface area contributed by atoms with E-state index in [-0.39, 0.29) is 28.1 Å². The highest BCUT2D eigenvalue weighted by Gasteiger charge is 2.69. The van der Waals surface area contributed by atoms with E-state index in [9.17, 15) is 9.18 Å². The Hall–Kier alpha value is -3.29. The van der Waals surface area contributed by atoms with Crippen LogP contribution in [0.3, 0.4) is 0 Å². The van der Waals surface area contributed by atoms with Gasteiger partial charge >= 0.3 is 0 Å². The summed E-state index contributed by atoms with van der Waals surface area (Å²) in [6, 6.07) is 12.1. The van der Waals surface area contributed by atoms with E-state index < -0.39 is 5.67 Å². The highest BCUT2D eigenvalue weighted by Crippen LogP contribution is 2.71. The molecule has 42 heavy (non-hydrogen) atoms. The molecule has 3 aromatic rings. The largest absolute Gasteiger partial charge is 0.478 e. The quantitative estimate of drug-likeness (QED) is 0.249. The fourth-order valence-electron chi connectivity index (χ4n) is 8.27. The van der Waals surface area contributed by atoms with Crippen LogP contribution in [0.5, 0.6) is 5.88 Å². The number of amides is 1. The number of rotatable bonds is 10. The summed E-state index contributed by atoms with van der Waals surface area (Å²) in [5.41, 5.74) is 1.75. The van der Waals surface area contributed by atoms with Gasteiger partial charge in [-0.25, -0.2) is 9.37 Å². The first-order valence-corrected chi connectivity index (χ1v) is 15.7. The number of pyridine rings is 1. The minimum absolute atomic E-state index is 0.0431. The first-order chi connectivity index (χ1) is 20.1. The third kappa shape index (κ3) is 4.71. The van der Waals surface area contributed by atoms with E-state index in [0.717, 1.165) is 67.1 Å². The Morgan fingerprint density at radius 2 is 1.76 bits per heavy atom. The lowest BCUT2D eigenvalue weighted by molar-refractivity contribution is -0.215. The molecule has 2 heterocycles. The molecule has 222 valence electrons. The number of anilines is 1. The lowest BCUT2D eigenvalue weighted by Crippen LogP contribution is -2.65. The Labute approximate surface area is 247 Å². The van der Waals surface area contributed by atoms with Crippen LogP contribution in [-0.2, 0) is 10.2 Å². The summed E-state index contributed by atoms with van der Waals surface area (Å²) in [6.45, 7) is 7.38. The molecule has 6 aliphatic rings. The number of ether oxygens (including phenoxy) is 1. The number of fused-ring (bicyclic) bond motifs is 3. The molecule has 0 saturated heterocycles. The maximum Gasteiger partial charge on any atom is 0.232 e. The van der Waals surface area contributed by atoms with Gasteiger partial charge in [-0.15, -0.1) is 0 Å². The van der Waals surface area contributed by atoms with Crippen molar-refractivity contribution in [3.05, 3.63) is 54.3 Å². The van der Waals surface area contributed by atoms with Crippen molar-refractivity contribution < 1.29 is 18.4 Å². The topological polar surface area (TPSA) is 81.4 Å². The van der Waals surface area contributed by atoms with Gasteiger partial charge in [-0.3, -0.25) is 4.79 Å². The summed E-state index contributed by atoms with van der Waals surface area (Å²) in [7, 11) is 0. The molecular formula is C34H41FN4O3. The molecule has 9 rings (SSSR count). The van der Waals surface area contributed by atoms with E-state index in [1.807, 2.05) is 42.3 Å². The van der Waals surface area contributed by atoms with Crippen LogP contribution in [0.1, 0.15) is 103 Å². The lowest BCUT2D eigenvalue weighted by atomic mass is 9.41. The molecule has 0 radical (unpaired) electrons. The number of alkyl halides is 1. The smallest absolute Gasteiger partial charge is 0.232 e. The monoisotopic (exact) mass is 572 g/mol. The van der Waals surface area contributed by atoms with Gasteiger partial charge in [0.1, 0.15) is 5.67 Å². The highest BCUT2D eigenvalue weighted by atomic mass is 19.1. The fourth-order valence-corrected chi connectivity index (χ4v) is 8.27. The Morgan fingerprint density at radius 3 is 2.36 bits per heavy atom. The maximum atomic E-state index is 14.4. The van der Waals surface area contributed by atoms with E-state index in [0.29, 0.717) is 44.7 Å². The van der Waals surface area contributed by atoms with Gasteiger partial charge in [0, 0.05) is 47.8 Å². The van der Waals surface area contributed by atoms with Gasteiger partial charge in [0.15, 0.2) is 5.82 Å². The second-order valence-corrected chi connectivity index (χ2v) is 14.1. The average Bonchev–Trinajstić information content (AvgIpc) is 3.48. The molecule has 0 aliphatic heterocycles. The van der Waals surface area contributed by atoms with Crippen LogP contribution in [0.2, 0.25) is 0 Å². The first-order valence-electron chi connectivity index (χ1n) is 15.7. The zero-order valence-corrected chi connectivity index (χ0v) is 25.0. The summed E-state index contributed by atoms with van der Waals surface area (Å²) in [4.78, 5) is 25.3. The average molecular weight is 573 g/mol. The molecule has 4 bridgehead atoms. The third-order valence-electron chi connectivity index (χ3n) is 10.7. The molecule has 6 saturated carbocycles. The molecule has 0 unspecified atom stereocenters. The van der Waals surface area contributed by atoms with Crippen molar-refractivity contribution in [2.45, 2.75) is 102 Å². The molecule has 0 spiro atoms. The molecule has 2 aromatic heterocycles. The zero-order chi connectivity index (χ0) is 29.2. The van der Waals surface area contributed by atoms with Gasteiger partial charge < -0.3 is 14.2 Å². The van der Waals surface area contributed by atoms with E-state index >= 15 is 0 Å². The van der Waals surface area contributed by atoms with Gasteiger partial charge in [-0.1, -0.05) is 31.1 Å². The number of hydrogen-bond donors (Lipinski definition) is 0. The van der Waals surface area contributed by atoms with Crippen molar-refractivity contribution >= 4 is 11.6 Å². The van der Waals surface area contributed by atoms with Crippen molar-refractivity contribution in [3.63, 3.8) is 0 Å². The molecule has 7 nitrogen and oxygen atoms in total. The molecule has 6 aliphatic carbocycles. The normalized spacial score (nSPS) is 31.0. The standard InChI is InChI=1S/C34H41FN4O3/c1-4-41-27-9-8-25(18-36-27)24-6-5-7-26(16-24)39(28(40)17-32-19-34(35,20-32)21-32)22-31-10-13-33(14-11-31,15-12-31)30-37-29(23(2)3)38-42-30/h5-9,16,18,23H,4,10-15,17,19-22H2,1-3H3. The summed E-state index contributed by atoms with van der Waals surface area (Å²) in [5.74, 6) is 2.54. The van der Waals surface area contributed by atoms with E-state index in [4.69, 9.17) is 14.2 Å². The Morgan fingerprint density at radius 1 is 1.02 bits per heavy atom. The molecule has 1 amide bonds. The van der Waals surface area contributed by atoms with Gasteiger partial charge in [-0.05, 0) is 99.3 Å². The SMILES string of the molecule is CCOc1ccc(-c2cccc(N(CC34CCC(c5nc(C(C)C)no5)(CC3)CC4)C(=O)CC34CC(F)(C3)C4)c2)cn1. The Kier molecular flexibility index (Phi) is 6.48. The summed E-state index contributed by atoms with van der Waals surface area (Å²) in [6.07, 6.45) is 9.93. The number of aromatic nitrogens is 3. The molecular weight excluding hydrogens is 531 g/mol. The van der Waals surface area contributed by atoms with Crippen molar-refractivity contribution in [1.82, 2.24) is 15.1 Å². The number of benzene rings is 1. The number of carbonyl (C=O) groups excluding carboxylic acids is 1. The van der Waals surface area contributed by atoms with E-state index in [1.165, 1.54) is 0 Å². The number of nitrogens with zero attached hydrogens (tertiary/aromatic N) is 4. The summed E-state index contributed by atoms with van der Waals surface area (Å²) < 4.78 is 25.7. The van der Waals surface area contributed by atoms with Crippen molar-refractivity contribution in [2.75, 3.05) is 18.1 Å². The molecule has 1 aromatic carbocycles.